The van der Waals surface area contributed by atoms with Crippen molar-refractivity contribution in [2.75, 3.05) is 18.5 Å². The minimum atomic E-state index is -0.412. The molecule has 0 bridgehead atoms. The van der Waals surface area contributed by atoms with E-state index in [9.17, 15) is 9.18 Å². The molecule has 0 fully saturated rings. The number of carbonyl (C=O) groups excluding carboxylic acids is 1. The maximum absolute atomic E-state index is 12.5. The minimum absolute atomic E-state index is 0.0873. The number of hydrogen-bond acceptors (Lipinski definition) is 2. The van der Waals surface area contributed by atoms with Crippen molar-refractivity contribution < 1.29 is 9.18 Å². The van der Waals surface area contributed by atoms with E-state index in [4.69, 9.17) is 5.73 Å². The van der Waals surface area contributed by atoms with E-state index < -0.39 is 12.6 Å². The molecule has 0 saturated heterocycles. The maximum Gasteiger partial charge on any atom is 0.236 e. The van der Waals surface area contributed by atoms with Crippen LogP contribution in [0.1, 0.15) is 0 Å². The molecule has 6 heteroatoms. The van der Waals surface area contributed by atoms with Gasteiger partial charge in [0, 0.05) is 11.1 Å². The molecule has 0 aliphatic rings. The summed E-state index contributed by atoms with van der Waals surface area (Å²) in [4.78, 5) is 10.8. The van der Waals surface area contributed by atoms with E-state index in [-0.39, 0.29) is 6.54 Å². The van der Waals surface area contributed by atoms with Crippen LogP contribution in [-0.4, -0.2) is 23.7 Å². The highest BCUT2D eigenvalue weighted by atomic mass is 127. The first-order valence-electron chi connectivity index (χ1n) is 5.49. The number of aryl methyl sites for hydroxylation is 1. The monoisotopic (exact) mass is 361 g/mol. The second-order valence-electron chi connectivity index (χ2n) is 3.87. The largest absolute Gasteiger partial charge is 0.376 e. The quantitative estimate of drug-likeness (QED) is 0.802. The molecular formula is C12H13FIN3O. The van der Waals surface area contributed by atoms with Crippen LogP contribution in [0.3, 0.4) is 0 Å². The van der Waals surface area contributed by atoms with E-state index in [0.29, 0.717) is 6.54 Å². The van der Waals surface area contributed by atoms with Crippen LogP contribution in [0.4, 0.5) is 10.1 Å². The van der Waals surface area contributed by atoms with Crippen molar-refractivity contribution in [2.45, 2.75) is 6.54 Å². The van der Waals surface area contributed by atoms with Crippen LogP contribution < -0.4 is 11.1 Å². The summed E-state index contributed by atoms with van der Waals surface area (Å²) in [7, 11) is 0. The molecule has 0 saturated carbocycles. The average Bonchev–Trinajstić information content (AvgIpc) is 2.65. The van der Waals surface area contributed by atoms with Crippen LogP contribution in [0.25, 0.3) is 10.9 Å². The molecule has 0 aliphatic heterocycles. The molecule has 0 radical (unpaired) electrons. The molecule has 2 aromatic rings. The lowest BCUT2D eigenvalue weighted by atomic mass is 10.2. The van der Waals surface area contributed by atoms with Gasteiger partial charge in [-0.3, -0.25) is 4.79 Å². The van der Waals surface area contributed by atoms with Crippen molar-refractivity contribution in [3.8, 4) is 0 Å². The number of carbonyl (C=O) groups is 1. The number of rotatable bonds is 5. The Morgan fingerprint density at radius 2 is 2.28 bits per heavy atom. The molecule has 0 unspecified atom stereocenters. The normalized spacial score (nSPS) is 10.8. The molecule has 3 N–H and O–H groups in total. The van der Waals surface area contributed by atoms with Crippen LogP contribution in [0.5, 0.6) is 0 Å². The van der Waals surface area contributed by atoms with Crippen LogP contribution >= 0.6 is 22.6 Å². The third kappa shape index (κ3) is 2.58. The number of benzene rings is 1. The van der Waals surface area contributed by atoms with Crippen LogP contribution in [0.2, 0.25) is 0 Å². The van der Waals surface area contributed by atoms with Crippen molar-refractivity contribution in [3.63, 3.8) is 0 Å². The summed E-state index contributed by atoms with van der Waals surface area (Å²) in [6, 6.07) is 7.65. The second kappa shape index (κ2) is 5.55. The van der Waals surface area contributed by atoms with E-state index in [1.807, 2.05) is 28.8 Å². The van der Waals surface area contributed by atoms with Gasteiger partial charge in [-0.15, -0.1) is 0 Å². The fourth-order valence-electron chi connectivity index (χ4n) is 1.90. The van der Waals surface area contributed by atoms with E-state index in [0.717, 1.165) is 20.3 Å². The van der Waals surface area contributed by atoms with Crippen molar-refractivity contribution in [1.82, 2.24) is 4.57 Å². The molecule has 1 amide bonds. The van der Waals surface area contributed by atoms with Crippen molar-refractivity contribution >= 4 is 45.1 Å². The Hall–Kier alpha value is -1.31. The van der Waals surface area contributed by atoms with Gasteiger partial charge in [0.2, 0.25) is 5.91 Å². The van der Waals surface area contributed by atoms with Crippen molar-refractivity contribution in [1.29, 1.82) is 0 Å². The van der Waals surface area contributed by atoms with Crippen molar-refractivity contribution in [2.24, 2.45) is 5.73 Å². The maximum atomic E-state index is 12.5. The highest BCUT2D eigenvalue weighted by Crippen LogP contribution is 2.27. The van der Waals surface area contributed by atoms with Gasteiger partial charge in [-0.2, -0.15) is 0 Å². The molecule has 0 atom stereocenters. The van der Waals surface area contributed by atoms with Crippen LogP contribution in [-0.2, 0) is 11.3 Å². The predicted octanol–water partition coefficient (Wildman–Crippen LogP) is 2.11. The van der Waals surface area contributed by atoms with Gasteiger partial charge in [-0.25, -0.2) is 4.39 Å². The first-order valence-corrected chi connectivity index (χ1v) is 6.57. The van der Waals surface area contributed by atoms with Gasteiger partial charge >= 0.3 is 0 Å². The number of fused-ring (bicyclic) bond motifs is 1. The Kier molecular flexibility index (Phi) is 4.05. The summed E-state index contributed by atoms with van der Waals surface area (Å²) < 4.78 is 15.4. The summed E-state index contributed by atoms with van der Waals surface area (Å²) in [5.74, 6) is -0.412. The molecule has 96 valence electrons. The lowest BCUT2D eigenvalue weighted by Crippen LogP contribution is -2.21. The lowest BCUT2D eigenvalue weighted by molar-refractivity contribution is -0.116. The van der Waals surface area contributed by atoms with Gasteiger partial charge in [-0.1, -0.05) is 6.07 Å². The molecule has 4 nitrogen and oxygen atoms in total. The van der Waals surface area contributed by atoms with E-state index >= 15 is 0 Å². The molecule has 1 aromatic carbocycles. The zero-order valence-electron chi connectivity index (χ0n) is 9.62. The molecular weight excluding hydrogens is 348 g/mol. The number of alkyl halides is 1. The van der Waals surface area contributed by atoms with Crippen LogP contribution in [0, 0.1) is 3.70 Å². The number of hydrogen-bond donors (Lipinski definition) is 2. The Bertz CT molecular complexity index is 582. The number of aromatic nitrogens is 1. The van der Waals surface area contributed by atoms with E-state index in [1.165, 1.54) is 0 Å². The molecule has 0 spiro atoms. The first kappa shape index (κ1) is 13.1. The number of primary amides is 1. The average molecular weight is 361 g/mol. The fourth-order valence-corrected chi connectivity index (χ4v) is 2.71. The molecule has 1 heterocycles. The Morgan fingerprint density at radius 1 is 1.50 bits per heavy atom. The highest BCUT2D eigenvalue weighted by molar-refractivity contribution is 14.1. The summed E-state index contributed by atoms with van der Waals surface area (Å²) in [5, 5.41) is 3.95. The Morgan fingerprint density at radius 3 is 2.94 bits per heavy atom. The fraction of sp³-hybridized carbons (Fsp3) is 0.250. The predicted molar refractivity (Wildman–Crippen MR) is 78.3 cm³/mol. The molecule has 2 rings (SSSR count). The second-order valence-corrected chi connectivity index (χ2v) is 4.97. The zero-order valence-corrected chi connectivity index (χ0v) is 11.8. The zero-order chi connectivity index (χ0) is 13.1. The van der Waals surface area contributed by atoms with E-state index in [2.05, 4.69) is 27.9 Å². The smallest absolute Gasteiger partial charge is 0.236 e. The lowest BCUT2D eigenvalue weighted by Gasteiger charge is -2.07. The summed E-state index contributed by atoms with van der Waals surface area (Å²) in [6.07, 6.45) is 0. The number of halogens is 2. The van der Waals surface area contributed by atoms with Crippen molar-refractivity contribution in [3.05, 3.63) is 28.0 Å². The summed E-state index contributed by atoms with van der Waals surface area (Å²) in [6.45, 7) is 0.0176. The first-order chi connectivity index (χ1) is 8.63. The van der Waals surface area contributed by atoms with Gasteiger partial charge in [-0.05, 0) is 40.8 Å². The SMILES string of the molecule is NC(=O)CNc1cccc2c1cc(I)n2CCF. The summed E-state index contributed by atoms with van der Waals surface area (Å²) in [5.41, 5.74) is 6.89. The topological polar surface area (TPSA) is 60.1 Å². The van der Waals surface area contributed by atoms with Gasteiger partial charge in [0.25, 0.3) is 0 Å². The highest BCUT2D eigenvalue weighted by Gasteiger charge is 2.09. The van der Waals surface area contributed by atoms with Crippen LogP contribution in [0.15, 0.2) is 24.3 Å². The van der Waals surface area contributed by atoms with E-state index in [1.54, 1.807) is 0 Å². The third-order valence-corrected chi connectivity index (χ3v) is 3.55. The number of anilines is 1. The summed E-state index contributed by atoms with van der Waals surface area (Å²) >= 11 is 2.17. The molecule has 1 aromatic heterocycles. The third-order valence-electron chi connectivity index (χ3n) is 2.66. The minimum Gasteiger partial charge on any atom is -0.376 e. The van der Waals surface area contributed by atoms with Gasteiger partial charge in [0.15, 0.2) is 0 Å². The number of nitrogens with zero attached hydrogens (tertiary/aromatic N) is 1. The Balaban J connectivity index is 2.43. The number of amides is 1. The van der Waals surface area contributed by atoms with Gasteiger partial charge in [0.05, 0.1) is 22.3 Å². The molecule has 18 heavy (non-hydrogen) atoms. The standard InChI is InChI=1S/C12H13FIN3O/c13-4-5-17-10-3-1-2-9(16-7-12(15)18)8(10)6-11(17)14/h1-3,6,16H,4-5,7H2,(H2,15,18). The molecule has 0 aliphatic carbocycles. The number of nitrogens with two attached hydrogens (primary N) is 1. The van der Waals surface area contributed by atoms with Gasteiger partial charge < -0.3 is 15.6 Å². The van der Waals surface area contributed by atoms with Gasteiger partial charge in [0.1, 0.15) is 6.67 Å². The Labute approximate surface area is 117 Å². The number of nitrogens with one attached hydrogen (secondary N) is 1.